The highest BCUT2D eigenvalue weighted by atomic mass is 16.5. The minimum Gasteiger partial charge on any atom is -0.498 e. The molecule has 0 spiro atoms. The minimum atomic E-state index is -1.09. The van der Waals surface area contributed by atoms with Crippen LogP contribution in [0.15, 0.2) is 24.7 Å². The molecule has 0 aromatic carbocycles. The number of rotatable bonds is 3. The Morgan fingerprint density at radius 3 is 2.75 bits per heavy atom. The molecule has 0 saturated heterocycles. The second-order valence-electron chi connectivity index (χ2n) is 4.24. The summed E-state index contributed by atoms with van der Waals surface area (Å²) in [5.74, 6) is -0.894. The van der Waals surface area contributed by atoms with E-state index < -0.39 is 11.6 Å². The van der Waals surface area contributed by atoms with Gasteiger partial charge in [0, 0.05) is 12.8 Å². The lowest BCUT2D eigenvalue weighted by Crippen LogP contribution is -2.44. The normalized spacial score (nSPS) is 32.9. The summed E-state index contributed by atoms with van der Waals surface area (Å²) in [7, 11) is 0. The Balaban J connectivity index is 2.05. The standard InChI is InChI=1S/C12H16O4/c13-11(14)12(6-2-4-8-16-12)9-10-5-1-3-7-15-10/h3-4,7-8,10H,1-2,5-6,9H2,(H,13,14). The topological polar surface area (TPSA) is 55.8 Å². The number of allylic oxidation sites excluding steroid dienone is 2. The molecule has 0 amide bonds. The summed E-state index contributed by atoms with van der Waals surface area (Å²) in [5.41, 5.74) is -1.09. The predicted molar refractivity (Wildman–Crippen MR) is 57.7 cm³/mol. The fourth-order valence-corrected chi connectivity index (χ4v) is 2.12. The average Bonchev–Trinajstić information content (AvgIpc) is 2.31. The summed E-state index contributed by atoms with van der Waals surface area (Å²) in [6, 6.07) is 0. The first-order valence-corrected chi connectivity index (χ1v) is 5.60. The first-order valence-electron chi connectivity index (χ1n) is 5.60. The molecular formula is C12H16O4. The molecule has 1 N–H and O–H groups in total. The highest BCUT2D eigenvalue weighted by Gasteiger charge is 2.43. The highest BCUT2D eigenvalue weighted by Crippen LogP contribution is 2.31. The van der Waals surface area contributed by atoms with Crippen LogP contribution in [0.5, 0.6) is 0 Å². The van der Waals surface area contributed by atoms with Gasteiger partial charge in [0.25, 0.3) is 0 Å². The van der Waals surface area contributed by atoms with Gasteiger partial charge in [0.2, 0.25) is 5.60 Å². The maximum absolute atomic E-state index is 11.3. The Bertz CT molecular complexity index is 321. The Morgan fingerprint density at radius 1 is 1.38 bits per heavy atom. The van der Waals surface area contributed by atoms with Crippen LogP contribution in [0, 0.1) is 0 Å². The third kappa shape index (κ3) is 2.21. The smallest absolute Gasteiger partial charge is 0.348 e. The molecule has 2 rings (SSSR count). The number of aliphatic carboxylic acids is 1. The van der Waals surface area contributed by atoms with Crippen molar-refractivity contribution in [3.8, 4) is 0 Å². The maximum atomic E-state index is 11.3. The molecule has 2 aliphatic rings. The van der Waals surface area contributed by atoms with Crippen molar-refractivity contribution >= 4 is 5.97 Å². The molecule has 0 radical (unpaired) electrons. The summed E-state index contributed by atoms with van der Waals surface area (Å²) in [4.78, 5) is 11.3. The zero-order chi connectivity index (χ0) is 11.4. The van der Waals surface area contributed by atoms with Crippen LogP contribution in [-0.2, 0) is 14.3 Å². The van der Waals surface area contributed by atoms with Crippen molar-refractivity contribution in [2.75, 3.05) is 0 Å². The van der Waals surface area contributed by atoms with Gasteiger partial charge in [-0.05, 0) is 31.4 Å². The zero-order valence-electron chi connectivity index (χ0n) is 9.09. The van der Waals surface area contributed by atoms with Crippen molar-refractivity contribution in [2.45, 2.75) is 43.8 Å². The van der Waals surface area contributed by atoms with Crippen LogP contribution in [0.1, 0.15) is 32.1 Å². The Kier molecular flexibility index (Phi) is 3.17. The molecular weight excluding hydrogens is 208 g/mol. The third-order valence-electron chi connectivity index (χ3n) is 3.07. The van der Waals surface area contributed by atoms with Gasteiger partial charge in [0.15, 0.2) is 0 Å². The monoisotopic (exact) mass is 224 g/mol. The van der Waals surface area contributed by atoms with E-state index in [1.165, 1.54) is 6.26 Å². The number of carboxylic acids is 1. The van der Waals surface area contributed by atoms with Crippen LogP contribution in [0.4, 0.5) is 0 Å². The van der Waals surface area contributed by atoms with Crippen molar-refractivity contribution in [2.24, 2.45) is 0 Å². The second-order valence-corrected chi connectivity index (χ2v) is 4.24. The molecule has 4 nitrogen and oxygen atoms in total. The molecule has 0 aromatic heterocycles. The zero-order valence-corrected chi connectivity index (χ0v) is 9.09. The minimum absolute atomic E-state index is 0.0485. The molecule has 2 aliphatic heterocycles. The second kappa shape index (κ2) is 4.60. The molecule has 0 aliphatic carbocycles. The first kappa shape index (κ1) is 11.0. The van der Waals surface area contributed by atoms with Gasteiger partial charge in [0.05, 0.1) is 12.5 Å². The van der Waals surface area contributed by atoms with Crippen LogP contribution >= 0.6 is 0 Å². The summed E-state index contributed by atoms with van der Waals surface area (Å²) in [6.45, 7) is 0. The summed E-state index contributed by atoms with van der Waals surface area (Å²) in [6.07, 6.45) is 10.4. The van der Waals surface area contributed by atoms with Gasteiger partial charge in [-0.25, -0.2) is 4.79 Å². The van der Waals surface area contributed by atoms with Crippen LogP contribution in [-0.4, -0.2) is 22.8 Å². The Labute approximate surface area is 94.5 Å². The van der Waals surface area contributed by atoms with E-state index in [0.717, 1.165) is 19.3 Å². The summed E-state index contributed by atoms with van der Waals surface area (Å²) < 4.78 is 10.8. The van der Waals surface area contributed by atoms with Crippen molar-refractivity contribution in [3.05, 3.63) is 24.7 Å². The number of carboxylic acid groups (broad SMARTS) is 1. The van der Waals surface area contributed by atoms with Crippen molar-refractivity contribution in [3.63, 3.8) is 0 Å². The SMILES string of the molecule is O=C(O)C1(CC2CCC=CO2)CCC=CO1. The van der Waals surface area contributed by atoms with Crippen LogP contribution in [0.25, 0.3) is 0 Å². The van der Waals surface area contributed by atoms with Gasteiger partial charge in [-0.3, -0.25) is 0 Å². The van der Waals surface area contributed by atoms with Gasteiger partial charge >= 0.3 is 5.97 Å². The molecule has 0 aromatic rings. The van der Waals surface area contributed by atoms with E-state index in [4.69, 9.17) is 9.47 Å². The predicted octanol–water partition coefficient (Wildman–Crippen LogP) is 2.22. The van der Waals surface area contributed by atoms with Gasteiger partial charge in [-0.2, -0.15) is 0 Å². The van der Waals surface area contributed by atoms with Crippen molar-refractivity contribution in [1.29, 1.82) is 0 Å². The third-order valence-corrected chi connectivity index (χ3v) is 3.07. The highest BCUT2D eigenvalue weighted by molar-refractivity contribution is 5.77. The van der Waals surface area contributed by atoms with Crippen LogP contribution < -0.4 is 0 Å². The van der Waals surface area contributed by atoms with E-state index in [1.54, 1.807) is 6.26 Å². The first-order chi connectivity index (χ1) is 7.73. The van der Waals surface area contributed by atoms with Crippen LogP contribution in [0.3, 0.4) is 0 Å². The number of ether oxygens (including phenoxy) is 2. The Morgan fingerprint density at radius 2 is 2.19 bits per heavy atom. The van der Waals surface area contributed by atoms with E-state index in [1.807, 2.05) is 12.2 Å². The van der Waals surface area contributed by atoms with Crippen molar-refractivity contribution < 1.29 is 19.4 Å². The summed E-state index contributed by atoms with van der Waals surface area (Å²) in [5, 5.41) is 9.29. The van der Waals surface area contributed by atoms with Gasteiger partial charge in [-0.15, -0.1) is 0 Å². The fourth-order valence-electron chi connectivity index (χ4n) is 2.12. The largest absolute Gasteiger partial charge is 0.498 e. The summed E-state index contributed by atoms with van der Waals surface area (Å²) >= 11 is 0. The molecule has 4 heteroatoms. The molecule has 0 saturated carbocycles. The van der Waals surface area contributed by atoms with Gasteiger partial charge in [-0.1, -0.05) is 0 Å². The fraction of sp³-hybridized carbons (Fsp3) is 0.583. The van der Waals surface area contributed by atoms with Crippen molar-refractivity contribution in [1.82, 2.24) is 0 Å². The van der Waals surface area contributed by atoms with Gasteiger partial charge < -0.3 is 14.6 Å². The number of hydrogen-bond donors (Lipinski definition) is 1. The van der Waals surface area contributed by atoms with E-state index in [9.17, 15) is 9.90 Å². The molecule has 0 bridgehead atoms. The molecule has 88 valence electrons. The maximum Gasteiger partial charge on any atom is 0.348 e. The van der Waals surface area contributed by atoms with Crippen LogP contribution in [0.2, 0.25) is 0 Å². The molecule has 16 heavy (non-hydrogen) atoms. The van der Waals surface area contributed by atoms with Gasteiger partial charge in [0.1, 0.15) is 6.10 Å². The number of hydrogen-bond acceptors (Lipinski definition) is 3. The van der Waals surface area contributed by atoms with E-state index in [-0.39, 0.29) is 6.10 Å². The molecule has 2 atom stereocenters. The van der Waals surface area contributed by atoms with E-state index in [2.05, 4.69) is 0 Å². The van der Waals surface area contributed by atoms with E-state index in [0.29, 0.717) is 12.8 Å². The molecule has 2 unspecified atom stereocenters. The lowest BCUT2D eigenvalue weighted by molar-refractivity contribution is -0.165. The quantitative estimate of drug-likeness (QED) is 0.798. The molecule has 2 heterocycles. The lowest BCUT2D eigenvalue weighted by Gasteiger charge is -2.34. The van der Waals surface area contributed by atoms with E-state index >= 15 is 0 Å². The molecule has 0 fully saturated rings. The average molecular weight is 224 g/mol. The lowest BCUT2D eigenvalue weighted by atomic mass is 9.88. The Hall–Kier alpha value is -1.45. The number of carbonyl (C=O) groups is 1.